The second-order valence-corrected chi connectivity index (χ2v) is 6.28. The lowest BCUT2D eigenvalue weighted by Crippen LogP contribution is -2.42. The molecule has 2 N–H and O–H groups in total. The third-order valence-corrected chi connectivity index (χ3v) is 4.68. The number of furan rings is 1. The number of aromatic nitrogens is 1. The molecule has 4 rings (SSSR count). The number of hydrogen-bond acceptors (Lipinski definition) is 4. The maximum absolute atomic E-state index is 12.3. The van der Waals surface area contributed by atoms with Crippen LogP contribution < -0.4 is 10.6 Å². The van der Waals surface area contributed by atoms with E-state index in [4.69, 9.17) is 16.0 Å². The van der Waals surface area contributed by atoms with E-state index in [0.717, 1.165) is 18.4 Å². The average Bonchev–Trinajstić information content (AvgIpc) is 3.24. The molecular formula is C16H16ClN3O2. The van der Waals surface area contributed by atoms with Crippen LogP contribution in [0.15, 0.2) is 34.9 Å². The van der Waals surface area contributed by atoms with Gasteiger partial charge in [-0.05, 0) is 43.5 Å². The van der Waals surface area contributed by atoms with E-state index >= 15 is 0 Å². The lowest BCUT2D eigenvalue weighted by Gasteiger charge is -2.20. The van der Waals surface area contributed by atoms with E-state index < -0.39 is 0 Å². The Bertz CT molecular complexity index is 698. The number of amides is 1. The molecule has 22 heavy (non-hydrogen) atoms. The summed E-state index contributed by atoms with van der Waals surface area (Å²) < 4.78 is 5.65. The summed E-state index contributed by atoms with van der Waals surface area (Å²) in [5, 5.41) is 7.00. The predicted octanol–water partition coefficient (Wildman–Crippen LogP) is 2.62. The number of nitrogens with one attached hydrogen (secondary N) is 2. The highest BCUT2D eigenvalue weighted by Gasteiger charge is 2.39. The van der Waals surface area contributed by atoms with Gasteiger partial charge in [0.1, 0.15) is 10.9 Å². The van der Waals surface area contributed by atoms with Crippen LogP contribution in [0.1, 0.15) is 29.8 Å². The number of pyridine rings is 1. The fraction of sp³-hybridized carbons (Fsp3) is 0.375. The molecule has 2 bridgehead atoms. The molecule has 0 radical (unpaired) electrons. The summed E-state index contributed by atoms with van der Waals surface area (Å²) >= 11 is 5.77. The molecule has 1 amide bonds. The number of halogens is 1. The van der Waals surface area contributed by atoms with E-state index in [1.54, 1.807) is 24.4 Å². The molecule has 2 fully saturated rings. The van der Waals surface area contributed by atoms with Crippen molar-refractivity contribution in [2.24, 2.45) is 0 Å². The maximum atomic E-state index is 12.3. The lowest BCUT2D eigenvalue weighted by molar-refractivity contribution is 0.0903. The fourth-order valence-electron chi connectivity index (χ4n) is 3.36. The molecule has 114 valence electrons. The van der Waals surface area contributed by atoms with E-state index in [0.29, 0.717) is 28.8 Å². The Morgan fingerprint density at radius 3 is 2.91 bits per heavy atom. The van der Waals surface area contributed by atoms with Gasteiger partial charge >= 0.3 is 0 Å². The van der Waals surface area contributed by atoms with Crippen molar-refractivity contribution in [3.8, 4) is 11.3 Å². The Morgan fingerprint density at radius 2 is 2.23 bits per heavy atom. The number of carbonyl (C=O) groups is 1. The van der Waals surface area contributed by atoms with Gasteiger partial charge in [-0.25, -0.2) is 4.98 Å². The summed E-state index contributed by atoms with van der Waals surface area (Å²) in [5.41, 5.74) is 0.796. The first-order chi connectivity index (χ1) is 10.7. The molecule has 2 aliphatic heterocycles. The molecule has 0 unspecified atom stereocenters. The Labute approximate surface area is 133 Å². The molecule has 0 aromatic carbocycles. The van der Waals surface area contributed by atoms with Gasteiger partial charge in [-0.15, -0.1) is 0 Å². The minimum Gasteiger partial charge on any atom is -0.451 e. The maximum Gasteiger partial charge on any atom is 0.287 e. The van der Waals surface area contributed by atoms with Gasteiger partial charge in [0.15, 0.2) is 5.76 Å². The molecule has 4 heterocycles. The molecule has 2 aromatic heterocycles. The van der Waals surface area contributed by atoms with Gasteiger partial charge in [0.2, 0.25) is 0 Å². The van der Waals surface area contributed by atoms with E-state index in [1.165, 1.54) is 6.42 Å². The highest BCUT2D eigenvalue weighted by atomic mass is 35.5. The summed E-state index contributed by atoms with van der Waals surface area (Å²) in [7, 11) is 0. The van der Waals surface area contributed by atoms with Crippen molar-refractivity contribution in [1.82, 2.24) is 15.6 Å². The molecule has 2 aromatic rings. The van der Waals surface area contributed by atoms with Crippen molar-refractivity contribution in [1.29, 1.82) is 0 Å². The van der Waals surface area contributed by atoms with Crippen LogP contribution >= 0.6 is 11.6 Å². The van der Waals surface area contributed by atoms with Crippen LogP contribution in [0, 0.1) is 0 Å². The van der Waals surface area contributed by atoms with Crippen molar-refractivity contribution in [3.63, 3.8) is 0 Å². The van der Waals surface area contributed by atoms with Crippen molar-refractivity contribution in [2.45, 2.75) is 37.4 Å². The number of hydrogen-bond donors (Lipinski definition) is 2. The van der Waals surface area contributed by atoms with Crippen LogP contribution in [0.3, 0.4) is 0 Å². The minimum atomic E-state index is -0.160. The van der Waals surface area contributed by atoms with Gasteiger partial charge in [-0.3, -0.25) is 4.79 Å². The zero-order valence-electron chi connectivity index (χ0n) is 11.9. The second kappa shape index (κ2) is 5.41. The van der Waals surface area contributed by atoms with Crippen LogP contribution in [0.4, 0.5) is 0 Å². The molecule has 2 aliphatic rings. The average molecular weight is 318 g/mol. The molecule has 3 atom stereocenters. The molecule has 0 spiro atoms. The van der Waals surface area contributed by atoms with Gasteiger partial charge in [0, 0.05) is 29.9 Å². The van der Waals surface area contributed by atoms with Crippen molar-refractivity contribution in [2.75, 3.05) is 0 Å². The van der Waals surface area contributed by atoms with E-state index in [2.05, 4.69) is 15.6 Å². The molecule has 0 saturated carbocycles. The molecule has 2 saturated heterocycles. The normalized spacial score (nSPS) is 26.3. The van der Waals surface area contributed by atoms with Gasteiger partial charge in [-0.2, -0.15) is 0 Å². The third kappa shape index (κ3) is 2.51. The number of carbonyl (C=O) groups excluding carboxylic acids is 1. The highest BCUT2D eigenvalue weighted by Crippen LogP contribution is 2.29. The lowest BCUT2D eigenvalue weighted by atomic mass is 9.95. The van der Waals surface area contributed by atoms with Gasteiger partial charge < -0.3 is 15.1 Å². The van der Waals surface area contributed by atoms with Crippen molar-refractivity contribution in [3.05, 3.63) is 41.4 Å². The number of nitrogens with zero attached hydrogens (tertiary/aromatic N) is 1. The highest BCUT2D eigenvalue weighted by molar-refractivity contribution is 6.29. The van der Waals surface area contributed by atoms with Crippen LogP contribution in [-0.4, -0.2) is 29.0 Å². The van der Waals surface area contributed by atoms with Crippen LogP contribution in [0.5, 0.6) is 0 Å². The van der Waals surface area contributed by atoms with E-state index in [9.17, 15) is 4.79 Å². The van der Waals surface area contributed by atoms with Crippen molar-refractivity contribution < 1.29 is 9.21 Å². The standard InChI is InChI=1S/C16H16ClN3O2/c17-15-6-1-9(8-18-15)13-4-5-14(22-13)16(21)20-12-7-10-2-3-11(12)19-10/h1,4-6,8,10-12,19H,2-3,7H2,(H,20,21)/t10-,11+,12-/m1/s1. The topological polar surface area (TPSA) is 67.2 Å². The monoisotopic (exact) mass is 317 g/mol. The number of rotatable bonds is 3. The SMILES string of the molecule is O=C(N[C@@H]1C[C@H]2CC[C@@H]1N2)c1ccc(-c2ccc(Cl)nc2)o1. The van der Waals surface area contributed by atoms with Crippen LogP contribution in [0.2, 0.25) is 5.15 Å². The van der Waals surface area contributed by atoms with E-state index in [-0.39, 0.29) is 11.9 Å². The molecule has 5 nitrogen and oxygen atoms in total. The summed E-state index contributed by atoms with van der Waals surface area (Å²) in [6.45, 7) is 0. The molecular weight excluding hydrogens is 302 g/mol. The summed E-state index contributed by atoms with van der Waals surface area (Å²) in [4.78, 5) is 16.3. The Balaban J connectivity index is 1.46. The third-order valence-electron chi connectivity index (χ3n) is 4.46. The summed E-state index contributed by atoms with van der Waals surface area (Å²) in [6.07, 6.45) is 4.98. The minimum absolute atomic E-state index is 0.160. The molecule has 6 heteroatoms. The largest absolute Gasteiger partial charge is 0.451 e. The first kappa shape index (κ1) is 13.8. The van der Waals surface area contributed by atoms with E-state index in [1.807, 2.05) is 6.07 Å². The fourth-order valence-corrected chi connectivity index (χ4v) is 3.47. The summed E-state index contributed by atoms with van der Waals surface area (Å²) in [5.74, 6) is 0.778. The number of fused-ring (bicyclic) bond motifs is 2. The summed E-state index contributed by atoms with van der Waals surface area (Å²) in [6, 6.07) is 8.15. The zero-order valence-corrected chi connectivity index (χ0v) is 12.6. The van der Waals surface area contributed by atoms with Gasteiger partial charge in [-0.1, -0.05) is 11.6 Å². The van der Waals surface area contributed by atoms with Gasteiger partial charge in [0.25, 0.3) is 5.91 Å². The van der Waals surface area contributed by atoms with Crippen molar-refractivity contribution >= 4 is 17.5 Å². The predicted molar refractivity (Wildman–Crippen MR) is 82.8 cm³/mol. The van der Waals surface area contributed by atoms with Crippen LogP contribution in [0.25, 0.3) is 11.3 Å². The Kier molecular flexibility index (Phi) is 3.39. The first-order valence-corrected chi connectivity index (χ1v) is 7.85. The Hall–Kier alpha value is -1.85. The quantitative estimate of drug-likeness (QED) is 0.854. The van der Waals surface area contributed by atoms with Gasteiger partial charge in [0.05, 0.1) is 0 Å². The first-order valence-electron chi connectivity index (χ1n) is 7.48. The zero-order chi connectivity index (χ0) is 15.1. The smallest absolute Gasteiger partial charge is 0.287 e. The Morgan fingerprint density at radius 1 is 1.32 bits per heavy atom. The van der Waals surface area contributed by atoms with Crippen LogP contribution in [-0.2, 0) is 0 Å². The second-order valence-electron chi connectivity index (χ2n) is 5.90. The molecule has 0 aliphatic carbocycles.